The smallest absolute Gasteiger partial charge is 0.0579 e. The number of nitrogens with one attached hydrogen (secondary N) is 1. The molecule has 2 rings (SSSR count). The minimum absolute atomic E-state index is 0.109. The van der Waals surface area contributed by atoms with Crippen molar-refractivity contribution in [1.29, 1.82) is 0 Å². The highest BCUT2D eigenvalue weighted by Crippen LogP contribution is 2.26. The molecule has 0 aliphatic carbocycles. The van der Waals surface area contributed by atoms with E-state index >= 15 is 0 Å². The summed E-state index contributed by atoms with van der Waals surface area (Å²) in [6.07, 6.45) is 0. The summed E-state index contributed by atoms with van der Waals surface area (Å²) < 4.78 is 5.13. The van der Waals surface area contributed by atoms with Gasteiger partial charge < -0.3 is 15.2 Å². The van der Waals surface area contributed by atoms with Gasteiger partial charge in [-0.25, -0.2) is 0 Å². The molecule has 0 aromatic heterocycles. The third-order valence-electron chi connectivity index (χ3n) is 2.90. The van der Waals surface area contributed by atoms with Gasteiger partial charge in [0.05, 0.1) is 25.2 Å². The second-order valence-corrected chi connectivity index (χ2v) is 5.41. The van der Waals surface area contributed by atoms with Gasteiger partial charge in [-0.2, -0.15) is 0 Å². The first-order valence-corrected chi connectivity index (χ1v) is 6.23. The van der Waals surface area contributed by atoms with Crippen LogP contribution in [0.2, 0.25) is 10.0 Å². The molecule has 1 aliphatic rings. The predicted octanol–water partition coefficient (Wildman–Crippen LogP) is 2.09. The monoisotopic (exact) mass is 275 g/mol. The van der Waals surface area contributed by atoms with Crippen molar-refractivity contribution in [2.45, 2.75) is 6.54 Å². The zero-order chi connectivity index (χ0) is 12.3. The number of hydrogen-bond acceptors (Lipinski definition) is 3. The molecule has 0 radical (unpaired) electrons. The first kappa shape index (κ1) is 13.1. The molecule has 94 valence electrons. The second-order valence-electron chi connectivity index (χ2n) is 4.53. The molecule has 0 spiro atoms. The summed E-state index contributed by atoms with van der Waals surface area (Å²) in [5.74, 6) is 0. The largest absolute Gasteiger partial charge is 0.396 e. The Morgan fingerprint density at radius 1 is 1.24 bits per heavy atom. The minimum atomic E-state index is -0.109. The highest BCUT2D eigenvalue weighted by Gasteiger charge is 2.37. The third kappa shape index (κ3) is 3.33. The summed E-state index contributed by atoms with van der Waals surface area (Å²) in [4.78, 5) is 0. The number of benzene rings is 1. The Labute approximate surface area is 111 Å². The Kier molecular flexibility index (Phi) is 4.28. The molecule has 0 saturated carbocycles. The van der Waals surface area contributed by atoms with Gasteiger partial charge in [-0.15, -0.1) is 0 Å². The molecule has 17 heavy (non-hydrogen) atoms. The van der Waals surface area contributed by atoms with Gasteiger partial charge in [0.25, 0.3) is 0 Å². The maximum Gasteiger partial charge on any atom is 0.0579 e. The van der Waals surface area contributed by atoms with Crippen LogP contribution in [-0.2, 0) is 11.3 Å². The molecular formula is C12H15Cl2NO2. The molecule has 2 N–H and O–H groups in total. The van der Waals surface area contributed by atoms with Gasteiger partial charge in [0.1, 0.15) is 0 Å². The van der Waals surface area contributed by atoms with Crippen molar-refractivity contribution in [3.05, 3.63) is 33.8 Å². The maximum absolute atomic E-state index is 9.26. The van der Waals surface area contributed by atoms with Crippen molar-refractivity contribution < 1.29 is 9.84 Å². The van der Waals surface area contributed by atoms with Crippen LogP contribution in [0, 0.1) is 5.41 Å². The number of hydrogen-bond donors (Lipinski definition) is 2. The third-order valence-corrected chi connectivity index (χ3v) is 3.34. The Bertz CT molecular complexity index is 368. The van der Waals surface area contributed by atoms with E-state index in [0.29, 0.717) is 29.8 Å². The van der Waals surface area contributed by atoms with Gasteiger partial charge in [-0.1, -0.05) is 23.2 Å². The highest BCUT2D eigenvalue weighted by molar-refractivity contribution is 6.34. The average molecular weight is 276 g/mol. The molecule has 1 aromatic carbocycles. The van der Waals surface area contributed by atoms with E-state index < -0.39 is 0 Å². The minimum Gasteiger partial charge on any atom is -0.396 e. The van der Waals surface area contributed by atoms with Crippen LogP contribution in [0.3, 0.4) is 0 Å². The van der Waals surface area contributed by atoms with Gasteiger partial charge in [0, 0.05) is 23.1 Å². The van der Waals surface area contributed by atoms with E-state index in [4.69, 9.17) is 27.9 Å². The summed E-state index contributed by atoms with van der Waals surface area (Å²) in [6.45, 7) is 2.80. The average Bonchev–Trinajstić information content (AvgIpc) is 2.20. The van der Waals surface area contributed by atoms with E-state index in [9.17, 15) is 5.11 Å². The normalized spacial score (nSPS) is 17.8. The van der Waals surface area contributed by atoms with Gasteiger partial charge in [-0.05, 0) is 23.8 Å². The van der Waals surface area contributed by atoms with Crippen LogP contribution in [-0.4, -0.2) is 31.5 Å². The summed E-state index contributed by atoms with van der Waals surface area (Å²) in [5, 5.41) is 13.8. The van der Waals surface area contributed by atoms with Crippen LogP contribution in [0.1, 0.15) is 5.56 Å². The molecule has 1 heterocycles. The number of aliphatic hydroxyl groups is 1. The lowest BCUT2D eigenvalue weighted by Crippen LogP contribution is -2.52. The zero-order valence-corrected chi connectivity index (χ0v) is 10.9. The van der Waals surface area contributed by atoms with Crippen molar-refractivity contribution in [1.82, 2.24) is 5.32 Å². The first-order chi connectivity index (χ1) is 8.13. The fraction of sp³-hybridized carbons (Fsp3) is 0.500. The van der Waals surface area contributed by atoms with Gasteiger partial charge in [0.15, 0.2) is 0 Å². The van der Waals surface area contributed by atoms with Crippen molar-refractivity contribution in [2.75, 3.05) is 26.4 Å². The Morgan fingerprint density at radius 2 is 1.88 bits per heavy atom. The molecule has 5 heteroatoms. The van der Waals surface area contributed by atoms with Crippen LogP contribution in [0.15, 0.2) is 18.2 Å². The van der Waals surface area contributed by atoms with E-state index in [1.807, 2.05) is 12.1 Å². The molecule has 1 fully saturated rings. The molecule has 0 atom stereocenters. The summed E-state index contributed by atoms with van der Waals surface area (Å²) in [5.41, 5.74) is 0.929. The molecular weight excluding hydrogens is 261 g/mol. The van der Waals surface area contributed by atoms with Crippen LogP contribution in [0.5, 0.6) is 0 Å². The Morgan fingerprint density at radius 3 is 2.35 bits per heavy atom. The summed E-state index contributed by atoms with van der Waals surface area (Å²) >= 11 is 11.8. The number of ether oxygens (including phenoxy) is 1. The van der Waals surface area contributed by atoms with Crippen molar-refractivity contribution in [3.63, 3.8) is 0 Å². The second kappa shape index (κ2) is 5.55. The van der Waals surface area contributed by atoms with Crippen LogP contribution in [0.25, 0.3) is 0 Å². The molecule has 3 nitrogen and oxygen atoms in total. The van der Waals surface area contributed by atoms with Crippen molar-refractivity contribution in [3.8, 4) is 0 Å². The Balaban J connectivity index is 1.85. The lowest BCUT2D eigenvalue weighted by Gasteiger charge is -2.40. The molecule has 0 unspecified atom stereocenters. The fourth-order valence-corrected chi connectivity index (χ4v) is 2.40. The van der Waals surface area contributed by atoms with Crippen LogP contribution in [0.4, 0.5) is 0 Å². The lowest BCUT2D eigenvalue weighted by molar-refractivity contribution is -0.134. The van der Waals surface area contributed by atoms with E-state index in [-0.39, 0.29) is 12.0 Å². The molecule has 1 aromatic rings. The van der Waals surface area contributed by atoms with Gasteiger partial charge in [-0.3, -0.25) is 0 Å². The lowest BCUT2D eigenvalue weighted by atomic mass is 9.87. The molecule has 1 saturated heterocycles. The van der Waals surface area contributed by atoms with Gasteiger partial charge >= 0.3 is 0 Å². The van der Waals surface area contributed by atoms with E-state index in [0.717, 1.165) is 12.1 Å². The van der Waals surface area contributed by atoms with Gasteiger partial charge in [0.2, 0.25) is 0 Å². The molecule has 1 aliphatic heterocycles. The first-order valence-electron chi connectivity index (χ1n) is 5.48. The SMILES string of the molecule is OCC1(CNCc2cc(Cl)cc(Cl)c2)COC1. The standard InChI is InChI=1S/C12H15Cl2NO2/c13-10-1-9(2-11(14)3-10)4-15-5-12(6-16)7-17-8-12/h1-3,15-16H,4-8H2. The van der Waals surface area contributed by atoms with E-state index in [2.05, 4.69) is 5.32 Å². The summed E-state index contributed by atoms with van der Waals surface area (Å²) in [6, 6.07) is 5.47. The Hall–Kier alpha value is -0.320. The summed E-state index contributed by atoms with van der Waals surface area (Å²) in [7, 11) is 0. The van der Waals surface area contributed by atoms with Crippen LogP contribution < -0.4 is 5.32 Å². The van der Waals surface area contributed by atoms with E-state index in [1.165, 1.54) is 0 Å². The quantitative estimate of drug-likeness (QED) is 0.865. The van der Waals surface area contributed by atoms with Crippen molar-refractivity contribution in [2.24, 2.45) is 5.41 Å². The van der Waals surface area contributed by atoms with E-state index in [1.54, 1.807) is 6.07 Å². The predicted molar refractivity (Wildman–Crippen MR) is 68.5 cm³/mol. The zero-order valence-electron chi connectivity index (χ0n) is 9.38. The number of halogens is 2. The van der Waals surface area contributed by atoms with Crippen molar-refractivity contribution >= 4 is 23.2 Å². The topological polar surface area (TPSA) is 41.5 Å². The fourth-order valence-electron chi connectivity index (χ4n) is 1.83. The maximum atomic E-state index is 9.26. The van der Waals surface area contributed by atoms with Crippen LogP contribution >= 0.6 is 23.2 Å². The number of aliphatic hydroxyl groups excluding tert-OH is 1. The highest BCUT2D eigenvalue weighted by atomic mass is 35.5. The molecule has 0 bridgehead atoms. The molecule has 0 amide bonds. The number of rotatable bonds is 5.